The topological polar surface area (TPSA) is 77.8 Å². The maximum absolute atomic E-state index is 12.3. The second-order valence-electron chi connectivity index (χ2n) is 13.6. The first kappa shape index (κ1) is 23.8. The van der Waals surface area contributed by atoms with Crippen molar-refractivity contribution in [1.82, 2.24) is 0 Å². The van der Waals surface area contributed by atoms with Crippen molar-refractivity contribution in [2.75, 3.05) is 0 Å². The van der Waals surface area contributed by atoms with Gasteiger partial charge in [-0.05, 0) is 110 Å². The van der Waals surface area contributed by atoms with E-state index in [4.69, 9.17) is 0 Å². The lowest BCUT2D eigenvalue weighted by Gasteiger charge is -2.70. The fourth-order valence-corrected chi connectivity index (χ4v) is 9.20. The molecule has 3 saturated carbocycles. The van der Waals surface area contributed by atoms with Crippen LogP contribution in [0.15, 0.2) is 17.7 Å². The van der Waals surface area contributed by atoms with Gasteiger partial charge in [-0.3, -0.25) is 4.79 Å². The van der Waals surface area contributed by atoms with Crippen molar-refractivity contribution in [3.8, 4) is 11.5 Å². The molecule has 34 heavy (non-hydrogen) atoms. The van der Waals surface area contributed by atoms with Gasteiger partial charge in [0.2, 0.25) is 0 Å². The van der Waals surface area contributed by atoms with Crippen LogP contribution in [-0.2, 0) is 10.2 Å². The number of hydrogen-bond acceptors (Lipinski definition) is 3. The normalized spacial score (nSPS) is 45.3. The molecule has 4 heteroatoms. The van der Waals surface area contributed by atoms with Crippen LogP contribution in [0.3, 0.4) is 0 Å². The second-order valence-corrected chi connectivity index (χ2v) is 13.6. The number of hydrogen-bond donors (Lipinski definition) is 3. The Labute approximate surface area is 204 Å². The zero-order valence-electron chi connectivity index (χ0n) is 22.0. The molecule has 5 rings (SSSR count). The fourth-order valence-electron chi connectivity index (χ4n) is 9.20. The van der Waals surface area contributed by atoms with Crippen LogP contribution in [0.2, 0.25) is 0 Å². The molecule has 3 N–H and O–H groups in total. The molecule has 4 nitrogen and oxygen atoms in total. The van der Waals surface area contributed by atoms with E-state index < -0.39 is 11.4 Å². The molecule has 0 heterocycles. The van der Waals surface area contributed by atoms with Crippen LogP contribution in [0, 0.1) is 34.5 Å². The minimum Gasteiger partial charge on any atom is -0.504 e. The van der Waals surface area contributed by atoms with E-state index in [9.17, 15) is 20.1 Å². The summed E-state index contributed by atoms with van der Waals surface area (Å²) in [5.74, 6) is -0.138. The van der Waals surface area contributed by atoms with Crippen LogP contribution in [0.25, 0.3) is 0 Å². The summed E-state index contributed by atoms with van der Waals surface area (Å²) in [4.78, 5) is 12.3. The summed E-state index contributed by atoms with van der Waals surface area (Å²) >= 11 is 0. The highest BCUT2D eigenvalue weighted by Gasteiger charge is 2.67. The molecule has 0 unspecified atom stereocenters. The van der Waals surface area contributed by atoms with Gasteiger partial charge in [0.05, 0.1) is 5.41 Å². The number of carboxylic acid groups (broad SMARTS) is 1. The summed E-state index contributed by atoms with van der Waals surface area (Å²) in [6.45, 7) is 15.8. The molecule has 4 aliphatic carbocycles. The van der Waals surface area contributed by atoms with Gasteiger partial charge < -0.3 is 15.3 Å². The Morgan fingerprint density at radius 3 is 2.26 bits per heavy atom. The zero-order chi connectivity index (χ0) is 25.1. The molecule has 4 aliphatic rings. The lowest BCUT2D eigenvalue weighted by molar-refractivity contribution is -0.177. The molecule has 0 bridgehead atoms. The van der Waals surface area contributed by atoms with Crippen molar-refractivity contribution < 1.29 is 20.1 Å². The fraction of sp³-hybridized carbons (Fsp3) is 0.700. The molecule has 0 saturated heterocycles. The van der Waals surface area contributed by atoms with Crippen molar-refractivity contribution in [2.45, 2.75) is 105 Å². The quantitative estimate of drug-likeness (QED) is 0.302. The summed E-state index contributed by atoms with van der Waals surface area (Å²) in [6.07, 6.45) is 9.26. The van der Waals surface area contributed by atoms with Gasteiger partial charge in [-0.2, -0.15) is 0 Å². The van der Waals surface area contributed by atoms with E-state index in [2.05, 4.69) is 40.7 Å². The van der Waals surface area contributed by atoms with Crippen LogP contribution < -0.4 is 0 Å². The van der Waals surface area contributed by atoms with Crippen molar-refractivity contribution >= 4 is 5.97 Å². The molecule has 0 aliphatic heterocycles. The highest BCUT2D eigenvalue weighted by molar-refractivity contribution is 5.74. The molecule has 7 atom stereocenters. The van der Waals surface area contributed by atoms with Crippen LogP contribution in [0.1, 0.15) is 109 Å². The largest absolute Gasteiger partial charge is 0.504 e. The minimum atomic E-state index is -0.645. The van der Waals surface area contributed by atoms with E-state index in [1.807, 2.05) is 19.9 Å². The first-order valence-electron chi connectivity index (χ1n) is 13.2. The van der Waals surface area contributed by atoms with Crippen molar-refractivity contribution in [2.24, 2.45) is 27.6 Å². The van der Waals surface area contributed by atoms with Crippen LogP contribution >= 0.6 is 0 Å². The van der Waals surface area contributed by atoms with Gasteiger partial charge in [-0.15, -0.1) is 0 Å². The van der Waals surface area contributed by atoms with E-state index >= 15 is 0 Å². The van der Waals surface area contributed by atoms with E-state index in [1.165, 1.54) is 11.1 Å². The number of carboxylic acids is 1. The third-order valence-corrected chi connectivity index (χ3v) is 11.9. The number of fused-ring (bicyclic) bond motifs is 7. The highest BCUT2D eigenvalue weighted by atomic mass is 16.4. The first-order valence-corrected chi connectivity index (χ1v) is 13.2. The number of aliphatic carboxylic acids is 1. The van der Waals surface area contributed by atoms with Crippen LogP contribution in [0.5, 0.6) is 11.5 Å². The van der Waals surface area contributed by atoms with Crippen LogP contribution in [-0.4, -0.2) is 21.3 Å². The molecule has 1 aromatic rings. The molecular weight excluding hydrogens is 424 g/mol. The van der Waals surface area contributed by atoms with Gasteiger partial charge >= 0.3 is 5.97 Å². The van der Waals surface area contributed by atoms with E-state index in [0.29, 0.717) is 5.92 Å². The molecule has 0 spiro atoms. The number of aromatic hydroxyl groups is 2. The number of benzene rings is 1. The molecule has 1 aromatic carbocycles. The maximum atomic E-state index is 12.3. The molecular formula is C30H42O4. The Morgan fingerprint density at radius 1 is 0.971 bits per heavy atom. The average molecular weight is 467 g/mol. The highest BCUT2D eigenvalue weighted by Crippen LogP contribution is 2.75. The monoisotopic (exact) mass is 466 g/mol. The van der Waals surface area contributed by atoms with Gasteiger partial charge in [0.1, 0.15) is 0 Å². The first-order chi connectivity index (χ1) is 15.6. The molecule has 186 valence electrons. The van der Waals surface area contributed by atoms with E-state index in [0.717, 1.165) is 56.1 Å². The maximum Gasteiger partial charge on any atom is 0.309 e. The Bertz CT molecular complexity index is 1120. The van der Waals surface area contributed by atoms with Crippen molar-refractivity contribution in [3.63, 3.8) is 0 Å². The second kappa shape index (κ2) is 6.83. The number of phenols is 2. The summed E-state index contributed by atoms with van der Waals surface area (Å²) in [5.41, 5.74) is 3.93. The smallest absolute Gasteiger partial charge is 0.309 e. The summed E-state index contributed by atoms with van der Waals surface area (Å²) in [6, 6.07) is 1.82. The lowest BCUT2D eigenvalue weighted by Crippen LogP contribution is -2.62. The SMILES string of the molecule is Cc1c(O)c(O)cc2c1[C@H](C)C=C1[C@@]2(C)CC[C@@]2(C)[C@@H]3C[C@](C)(C(=O)O)CC[C@]3(C)CC[C@]12C. The molecule has 0 radical (unpaired) electrons. The zero-order valence-corrected chi connectivity index (χ0v) is 22.0. The third-order valence-electron chi connectivity index (χ3n) is 11.9. The van der Waals surface area contributed by atoms with Gasteiger partial charge in [-0.1, -0.05) is 46.3 Å². The van der Waals surface area contributed by atoms with Gasteiger partial charge in [0.15, 0.2) is 11.5 Å². The standard InChI is InChI=1S/C30H42O4/c1-17-14-21-28(5,19-15-20(31)24(32)18(2)23(17)19)11-13-30(7)22-16-27(4,25(33)34)9-8-26(22,3)10-12-29(21,30)6/h14-15,17,22,31-32H,8-13,16H2,1-7H3,(H,33,34)/t17-,22-,26-,27-,28+,29-,30+/m1/s1. The number of carbonyl (C=O) groups is 1. The van der Waals surface area contributed by atoms with E-state index in [1.54, 1.807) is 0 Å². The average Bonchev–Trinajstić information content (AvgIpc) is 2.77. The predicted octanol–water partition coefficient (Wildman–Crippen LogP) is 7.20. The van der Waals surface area contributed by atoms with Crippen molar-refractivity contribution in [3.05, 3.63) is 34.4 Å². The summed E-state index contributed by atoms with van der Waals surface area (Å²) < 4.78 is 0. The van der Waals surface area contributed by atoms with Gasteiger partial charge in [0.25, 0.3) is 0 Å². The number of allylic oxidation sites excluding steroid dienone is 2. The Balaban J connectivity index is 1.66. The van der Waals surface area contributed by atoms with E-state index in [-0.39, 0.29) is 39.1 Å². The number of rotatable bonds is 1. The predicted molar refractivity (Wildman–Crippen MR) is 134 cm³/mol. The molecule has 3 fully saturated rings. The Kier molecular flexibility index (Phi) is 4.77. The Hall–Kier alpha value is -1.97. The summed E-state index contributed by atoms with van der Waals surface area (Å²) in [7, 11) is 0. The van der Waals surface area contributed by atoms with Crippen LogP contribution in [0.4, 0.5) is 0 Å². The molecule has 0 amide bonds. The third kappa shape index (κ3) is 2.69. The van der Waals surface area contributed by atoms with Gasteiger partial charge in [0, 0.05) is 5.41 Å². The summed E-state index contributed by atoms with van der Waals surface area (Å²) in [5, 5.41) is 31.1. The van der Waals surface area contributed by atoms with Gasteiger partial charge in [-0.25, -0.2) is 0 Å². The Morgan fingerprint density at radius 2 is 1.62 bits per heavy atom. The van der Waals surface area contributed by atoms with Crippen molar-refractivity contribution in [1.29, 1.82) is 0 Å². The minimum absolute atomic E-state index is 0.00139. The number of phenolic OH excluding ortho intramolecular Hbond substituents is 2. The molecule has 0 aromatic heterocycles. The lowest BCUT2D eigenvalue weighted by atomic mass is 9.34.